The second kappa shape index (κ2) is 9.78. The molecule has 1 amide bonds. The smallest absolute Gasteiger partial charge is 0.251 e. The van der Waals surface area contributed by atoms with Crippen LogP contribution in [-0.4, -0.2) is 35.6 Å². The van der Waals surface area contributed by atoms with Crippen LogP contribution in [0, 0.1) is 0 Å². The van der Waals surface area contributed by atoms with Gasteiger partial charge < -0.3 is 15.2 Å². The van der Waals surface area contributed by atoms with E-state index in [9.17, 15) is 4.79 Å². The fourth-order valence-corrected chi connectivity index (χ4v) is 3.43. The van der Waals surface area contributed by atoms with E-state index in [1.54, 1.807) is 24.5 Å². The van der Waals surface area contributed by atoms with Gasteiger partial charge in [0.05, 0.1) is 18.8 Å². The quantitative estimate of drug-likeness (QED) is 0.438. The fourth-order valence-electron chi connectivity index (χ4n) is 3.43. The summed E-state index contributed by atoms with van der Waals surface area (Å²) in [6, 6.07) is 13.2. The molecule has 0 aliphatic rings. The van der Waals surface area contributed by atoms with E-state index in [4.69, 9.17) is 0 Å². The number of hydrogen-bond donors (Lipinski definition) is 2. The molecule has 0 spiro atoms. The zero-order valence-corrected chi connectivity index (χ0v) is 19.8. The number of amides is 1. The Labute approximate surface area is 198 Å². The summed E-state index contributed by atoms with van der Waals surface area (Å²) in [6.07, 6.45) is 4.94. The zero-order valence-electron chi connectivity index (χ0n) is 19.8. The van der Waals surface area contributed by atoms with Crippen LogP contribution in [0.15, 0.2) is 61.2 Å². The van der Waals surface area contributed by atoms with Crippen LogP contribution in [-0.2, 0) is 25.6 Å². The number of rotatable bonds is 7. The molecule has 34 heavy (non-hydrogen) atoms. The summed E-state index contributed by atoms with van der Waals surface area (Å²) in [5.41, 5.74) is 4.13. The molecule has 0 atom stereocenters. The van der Waals surface area contributed by atoms with Gasteiger partial charge in [0.25, 0.3) is 5.91 Å². The Hall–Kier alpha value is -4.14. The minimum Gasteiger partial charge on any atom is -0.378 e. The molecule has 9 heteroatoms. The summed E-state index contributed by atoms with van der Waals surface area (Å²) < 4.78 is 1.88. The topological polar surface area (TPSA) is 111 Å². The van der Waals surface area contributed by atoms with Crippen LogP contribution in [0.25, 0.3) is 11.5 Å². The molecule has 9 nitrogen and oxygen atoms in total. The molecule has 2 N–H and O–H groups in total. The first-order valence-electron chi connectivity index (χ1n) is 11.0. The van der Waals surface area contributed by atoms with Crippen molar-refractivity contribution in [3.8, 4) is 11.5 Å². The van der Waals surface area contributed by atoms with E-state index in [0.717, 1.165) is 17.2 Å². The van der Waals surface area contributed by atoms with E-state index in [-0.39, 0.29) is 11.3 Å². The van der Waals surface area contributed by atoms with E-state index in [1.165, 1.54) is 11.9 Å². The molecule has 1 aromatic carbocycles. The van der Waals surface area contributed by atoms with Crippen molar-refractivity contribution in [2.24, 2.45) is 7.05 Å². The Morgan fingerprint density at radius 3 is 2.62 bits per heavy atom. The lowest BCUT2D eigenvalue weighted by Crippen LogP contribution is -2.24. The molecule has 0 unspecified atom stereocenters. The van der Waals surface area contributed by atoms with Gasteiger partial charge in [-0.15, -0.1) is 10.2 Å². The van der Waals surface area contributed by atoms with Crippen LogP contribution >= 0.6 is 0 Å². The van der Waals surface area contributed by atoms with E-state index < -0.39 is 0 Å². The summed E-state index contributed by atoms with van der Waals surface area (Å²) in [5, 5.41) is 14.8. The molecule has 4 aromatic rings. The highest BCUT2D eigenvalue weighted by molar-refractivity contribution is 5.95. The number of pyridine rings is 1. The third kappa shape index (κ3) is 5.43. The minimum absolute atomic E-state index is 0.0278. The van der Waals surface area contributed by atoms with E-state index in [2.05, 4.69) is 56.6 Å². The van der Waals surface area contributed by atoms with Gasteiger partial charge in [-0.3, -0.25) is 9.78 Å². The number of anilines is 1. The third-order valence-corrected chi connectivity index (χ3v) is 5.46. The van der Waals surface area contributed by atoms with E-state index in [0.29, 0.717) is 30.2 Å². The summed E-state index contributed by atoms with van der Waals surface area (Å²) in [4.78, 5) is 25.3. The van der Waals surface area contributed by atoms with Crippen molar-refractivity contribution in [1.82, 2.24) is 35.0 Å². The Balaban J connectivity index is 1.38. The van der Waals surface area contributed by atoms with Crippen molar-refractivity contribution >= 4 is 11.6 Å². The molecular weight excluding hydrogens is 428 g/mol. The van der Waals surface area contributed by atoms with Gasteiger partial charge in [-0.2, -0.15) is 0 Å². The first kappa shape index (κ1) is 23.0. The average Bonchev–Trinajstić information content (AvgIpc) is 3.21. The number of aromatic nitrogens is 6. The lowest BCUT2D eigenvalue weighted by molar-refractivity contribution is 0.0950. The van der Waals surface area contributed by atoms with Crippen molar-refractivity contribution in [2.75, 3.05) is 5.32 Å². The molecule has 0 saturated heterocycles. The minimum atomic E-state index is -0.156. The molecule has 0 aliphatic carbocycles. The number of nitrogens with zero attached hydrogens (tertiary/aromatic N) is 6. The number of benzene rings is 1. The van der Waals surface area contributed by atoms with Gasteiger partial charge in [0.2, 0.25) is 0 Å². The number of carbonyl (C=O) groups excluding carboxylic acids is 1. The Bertz CT molecular complexity index is 1280. The fraction of sp³-hybridized carbons (Fsp3) is 0.280. The molecule has 0 fully saturated rings. The zero-order chi connectivity index (χ0) is 24.1. The van der Waals surface area contributed by atoms with Crippen molar-refractivity contribution in [3.05, 3.63) is 83.8 Å². The lowest BCUT2D eigenvalue weighted by atomic mass is 9.87. The normalized spacial score (nSPS) is 11.3. The van der Waals surface area contributed by atoms with Crippen molar-refractivity contribution in [2.45, 2.75) is 39.3 Å². The molecule has 0 saturated carbocycles. The second-order valence-corrected chi connectivity index (χ2v) is 9.00. The standard InChI is InChI=1S/C25H28N8O/c1-25(2,3)18-8-11-27-20(13-18)14-29-24(34)17-6-5-7-19(12-17)28-15-22-31-32-23(33(22)4)21-9-10-26-16-30-21/h5-13,16,28H,14-15H2,1-4H3,(H,29,34). The van der Waals surface area contributed by atoms with Gasteiger partial charge in [-0.1, -0.05) is 26.8 Å². The largest absolute Gasteiger partial charge is 0.378 e. The molecule has 0 radical (unpaired) electrons. The van der Waals surface area contributed by atoms with Gasteiger partial charge in [0.1, 0.15) is 12.0 Å². The maximum Gasteiger partial charge on any atom is 0.251 e. The van der Waals surface area contributed by atoms with Crippen LogP contribution < -0.4 is 10.6 Å². The molecular formula is C25H28N8O. The van der Waals surface area contributed by atoms with Gasteiger partial charge in [-0.05, 0) is 47.4 Å². The van der Waals surface area contributed by atoms with Crippen LogP contribution in [0.3, 0.4) is 0 Å². The predicted octanol–water partition coefficient (Wildman–Crippen LogP) is 3.51. The monoisotopic (exact) mass is 456 g/mol. The van der Waals surface area contributed by atoms with Crippen molar-refractivity contribution in [1.29, 1.82) is 0 Å². The summed E-state index contributed by atoms with van der Waals surface area (Å²) >= 11 is 0. The average molecular weight is 457 g/mol. The molecule has 3 heterocycles. The molecule has 0 aliphatic heterocycles. The molecule has 3 aromatic heterocycles. The Morgan fingerprint density at radius 1 is 1.00 bits per heavy atom. The van der Waals surface area contributed by atoms with Gasteiger partial charge in [0, 0.05) is 30.7 Å². The van der Waals surface area contributed by atoms with Gasteiger partial charge in [-0.25, -0.2) is 9.97 Å². The highest BCUT2D eigenvalue weighted by atomic mass is 16.1. The van der Waals surface area contributed by atoms with E-state index in [1.807, 2.05) is 41.9 Å². The first-order chi connectivity index (χ1) is 16.3. The maximum atomic E-state index is 12.7. The predicted molar refractivity (Wildman–Crippen MR) is 130 cm³/mol. The summed E-state index contributed by atoms with van der Waals surface area (Å²) in [7, 11) is 1.89. The molecule has 0 bridgehead atoms. The van der Waals surface area contributed by atoms with Crippen LogP contribution in [0.2, 0.25) is 0 Å². The number of hydrogen-bond acceptors (Lipinski definition) is 7. The number of carbonyl (C=O) groups is 1. The Kier molecular flexibility index (Phi) is 6.62. The first-order valence-corrected chi connectivity index (χ1v) is 11.0. The van der Waals surface area contributed by atoms with Crippen molar-refractivity contribution < 1.29 is 4.79 Å². The summed E-state index contributed by atoms with van der Waals surface area (Å²) in [5.74, 6) is 1.25. The number of nitrogens with one attached hydrogen (secondary N) is 2. The van der Waals surface area contributed by atoms with Crippen LogP contribution in [0.1, 0.15) is 48.2 Å². The lowest BCUT2D eigenvalue weighted by Gasteiger charge is -2.19. The SMILES string of the molecule is Cn1c(CNc2cccc(C(=O)NCc3cc(C(C)(C)C)ccn3)c2)nnc1-c1ccncn1. The maximum absolute atomic E-state index is 12.7. The van der Waals surface area contributed by atoms with Gasteiger partial charge >= 0.3 is 0 Å². The molecule has 174 valence electrons. The van der Waals surface area contributed by atoms with Crippen LogP contribution in [0.4, 0.5) is 5.69 Å². The van der Waals surface area contributed by atoms with E-state index >= 15 is 0 Å². The Morgan fingerprint density at radius 2 is 1.85 bits per heavy atom. The summed E-state index contributed by atoms with van der Waals surface area (Å²) in [6.45, 7) is 7.28. The highest BCUT2D eigenvalue weighted by Gasteiger charge is 2.15. The van der Waals surface area contributed by atoms with Crippen LogP contribution in [0.5, 0.6) is 0 Å². The second-order valence-electron chi connectivity index (χ2n) is 9.00. The molecule has 4 rings (SSSR count). The third-order valence-electron chi connectivity index (χ3n) is 5.46. The van der Waals surface area contributed by atoms with Crippen molar-refractivity contribution in [3.63, 3.8) is 0 Å². The highest BCUT2D eigenvalue weighted by Crippen LogP contribution is 2.22. The van der Waals surface area contributed by atoms with Gasteiger partial charge in [0.15, 0.2) is 11.6 Å².